The molecular weight excluding hydrogens is 316 g/mol. The van der Waals surface area contributed by atoms with Gasteiger partial charge >= 0.3 is 5.97 Å². The van der Waals surface area contributed by atoms with Gasteiger partial charge in [-0.2, -0.15) is 0 Å². The highest BCUT2D eigenvalue weighted by Gasteiger charge is 2.57. The lowest BCUT2D eigenvalue weighted by molar-refractivity contribution is -0.196. The van der Waals surface area contributed by atoms with E-state index in [2.05, 4.69) is 6.92 Å². The number of esters is 1. The molecule has 2 aliphatic rings. The summed E-state index contributed by atoms with van der Waals surface area (Å²) in [6, 6.07) is 0. The van der Waals surface area contributed by atoms with E-state index < -0.39 is 11.7 Å². The molecule has 25 heavy (non-hydrogen) atoms. The van der Waals surface area contributed by atoms with Crippen molar-refractivity contribution in [2.75, 3.05) is 0 Å². The van der Waals surface area contributed by atoms with Crippen molar-refractivity contribution < 1.29 is 19.4 Å². The Morgan fingerprint density at radius 3 is 2.52 bits per heavy atom. The smallest absolute Gasteiger partial charge is 0.331 e. The number of aliphatic hydroxyl groups is 1. The van der Waals surface area contributed by atoms with Crippen molar-refractivity contribution in [3.8, 4) is 0 Å². The van der Waals surface area contributed by atoms with Crippen LogP contribution < -0.4 is 0 Å². The molecule has 0 bridgehead atoms. The molecule has 2 saturated carbocycles. The molecule has 1 N–H and O–H groups in total. The summed E-state index contributed by atoms with van der Waals surface area (Å²) in [5, 5.41) is 11.3. The maximum atomic E-state index is 12.5. The fourth-order valence-electron chi connectivity index (χ4n) is 4.45. The average molecular weight is 348 g/mol. The van der Waals surface area contributed by atoms with Crippen LogP contribution in [0, 0.1) is 11.3 Å². The Balaban J connectivity index is 2.26. The van der Waals surface area contributed by atoms with Gasteiger partial charge in [0, 0.05) is 18.4 Å². The Kier molecular flexibility index (Phi) is 5.62. The van der Waals surface area contributed by atoms with Crippen LogP contribution in [0.2, 0.25) is 0 Å². The number of hydrogen-bond donors (Lipinski definition) is 1. The monoisotopic (exact) mass is 348 g/mol. The first-order valence-electron chi connectivity index (χ1n) is 9.31. The fourth-order valence-corrected chi connectivity index (χ4v) is 4.45. The molecular formula is C21H32O4. The van der Waals surface area contributed by atoms with Gasteiger partial charge in [0.2, 0.25) is 0 Å². The van der Waals surface area contributed by atoms with E-state index in [0.29, 0.717) is 19.3 Å². The van der Waals surface area contributed by atoms with Crippen LogP contribution in [0.15, 0.2) is 22.8 Å². The topological polar surface area (TPSA) is 63.6 Å². The van der Waals surface area contributed by atoms with E-state index in [0.717, 1.165) is 29.6 Å². The molecule has 140 valence electrons. The molecule has 0 radical (unpaired) electrons. The van der Waals surface area contributed by atoms with Gasteiger partial charge in [0.05, 0.1) is 0 Å². The van der Waals surface area contributed by atoms with E-state index in [1.165, 1.54) is 6.08 Å². The van der Waals surface area contributed by atoms with Crippen LogP contribution in [0.4, 0.5) is 0 Å². The van der Waals surface area contributed by atoms with E-state index in [-0.39, 0.29) is 23.1 Å². The number of fused-ring (bicyclic) bond motifs is 1. The predicted octanol–water partition coefficient (Wildman–Crippen LogP) is 4.12. The Morgan fingerprint density at radius 2 is 1.96 bits per heavy atom. The fraction of sp³-hybridized carbons (Fsp3) is 0.714. The molecule has 4 nitrogen and oxygen atoms in total. The highest BCUT2D eigenvalue weighted by molar-refractivity contribution is 5.97. The van der Waals surface area contributed by atoms with Crippen molar-refractivity contribution >= 4 is 11.8 Å². The zero-order chi connectivity index (χ0) is 19.0. The Morgan fingerprint density at radius 1 is 1.32 bits per heavy atom. The van der Waals surface area contributed by atoms with Crippen LogP contribution in [0.3, 0.4) is 0 Å². The molecule has 2 aliphatic carbocycles. The minimum absolute atomic E-state index is 0.0922. The Bertz CT molecular complexity index is 622. The summed E-state index contributed by atoms with van der Waals surface area (Å²) in [4.78, 5) is 24.6. The van der Waals surface area contributed by atoms with Crippen molar-refractivity contribution in [1.82, 2.24) is 0 Å². The van der Waals surface area contributed by atoms with Gasteiger partial charge in [-0.05, 0) is 64.4 Å². The first kappa shape index (κ1) is 19.9. The lowest BCUT2D eigenvalue weighted by Crippen LogP contribution is -2.59. The summed E-state index contributed by atoms with van der Waals surface area (Å²) in [5.74, 6) is -0.278. The van der Waals surface area contributed by atoms with Gasteiger partial charge in [0.15, 0.2) is 5.78 Å². The number of allylic oxidation sites excluding steroid dienone is 3. The minimum atomic E-state index is -1.14. The quantitative estimate of drug-likeness (QED) is 0.615. The van der Waals surface area contributed by atoms with E-state index >= 15 is 0 Å². The molecule has 0 heterocycles. The first-order valence-corrected chi connectivity index (χ1v) is 9.31. The number of rotatable bonds is 3. The summed E-state index contributed by atoms with van der Waals surface area (Å²) >= 11 is 0. The van der Waals surface area contributed by atoms with Gasteiger partial charge in [-0.1, -0.05) is 25.0 Å². The van der Waals surface area contributed by atoms with Crippen molar-refractivity contribution in [1.29, 1.82) is 0 Å². The summed E-state index contributed by atoms with van der Waals surface area (Å²) in [6.07, 6.45) is 4.16. The second kappa shape index (κ2) is 7.06. The van der Waals surface area contributed by atoms with Crippen LogP contribution in [0.1, 0.15) is 73.6 Å². The van der Waals surface area contributed by atoms with Crippen molar-refractivity contribution in [3.05, 3.63) is 22.8 Å². The number of ether oxygens (including phenoxy) is 1. The van der Waals surface area contributed by atoms with Crippen LogP contribution in [-0.2, 0) is 14.3 Å². The normalized spacial score (nSPS) is 36.0. The third kappa shape index (κ3) is 3.89. The van der Waals surface area contributed by atoms with Crippen LogP contribution in [0.25, 0.3) is 0 Å². The number of hydrogen-bond acceptors (Lipinski definition) is 4. The molecule has 0 amide bonds. The summed E-state index contributed by atoms with van der Waals surface area (Å²) in [7, 11) is 0. The zero-order valence-electron chi connectivity index (χ0n) is 16.4. The average Bonchev–Trinajstić information content (AvgIpc) is 2.49. The second-order valence-electron chi connectivity index (χ2n) is 8.52. The molecule has 4 atom stereocenters. The van der Waals surface area contributed by atoms with Gasteiger partial charge in [-0.3, -0.25) is 4.79 Å². The van der Waals surface area contributed by atoms with Crippen molar-refractivity contribution in [2.45, 2.75) is 85.4 Å². The molecule has 0 aliphatic heterocycles. The predicted molar refractivity (Wildman–Crippen MR) is 98.0 cm³/mol. The van der Waals surface area contributed by atoms with E-state index in [1.807, 2.05) is 27.7 Å². The van der Waals surface area contributed by atoms with E-state index in [9.17, 15) is 14.7 Å². The molecule has 4 heteroatoms. The van der Waals surface area contributed by atoms with Gasteiger partial charge in [0.1, 0.15) is 11.7 Å². The highest BCUT2D eigenvalue weighted by atomic mass is 16.6. The largest absolute Gasteiger partial charge is 0.456 e. The van der Waals surface area contributed by atoms with E-state index in [1.54, 1.807) is 6.92 Å². The number of carbonyl (C=O) groups is 2. The van der Waals surface area contributed by atoms with Gasteiger partial charge in [0.25, 0.3) is 0 Å². The minimum Gasteiger partial charge on any atom is -0.456 e. The lowest BCUT2D eigenvalue weighted by Gasteiger charge is -2.55. The van der Waals surface area contributed by atoms with Crippen LogP contribution >= 0.6 is 0 Å². The number of carbonyl (C=O) groups excluding carboxylic acids is 2. The maximum Gasteiger partial charge on any atom is 0.331 e. The van der Waals surface area contributed by atoms with Gasteiger partial charge < -0.3 is 9.84 Å². The molecule has 0 spiro atoms. The Labute approximate surface area is 151 Å². The van der Waals surface area contributed by atoms with Crippen molar-refractivity contribution in [2.24, 2.45) is 11.3 Å². The van der Waals surface area contributed by atoms with Crippen molar-refractivity contribution in [3.63, 3.8) is 0 Å². The first-order chi connectivity index (χ1) is 11.5. The molecule has 0 aromatic rings. The van der Waals surface area contributed by atoms with E-state index in [4.69, 9.17) is 4.74 Å². The zero-order valence-corrected chi connectivity index (χ0v) is 16.4. The number of ketones is 1. The molecule has 2 rings (SSSR count). The molecule has 0 aromatic carbocycles. The summed E-state index contributed by atoms with van der Waals surface area (Å²) in [6.45, 7) is 11.6. The van der Waals surface area contributed by atoms with Gasteiger partial charge in [-0.25, -0.2) is 4.79 Å². The molecule has 4 unspecified atom stereocenters. The number of Topliss-reactive ketones (excluding diaryl/α,β-unsaturated/α-hetero) is 1. The van der Waals surface area contributed by atoms with Crippen LogP contribution in [-0.4, -0.2) is 28.6 Å². The molecule has 0 aromatic heterocycles. The highest BCUT2D eigenvalue weighted by Crippen LogP contribution is 2.55. The van der Waals surface area contributed by atoms with Crippen LogP contribution in [0.5, 0.6) is 0 Å². The third-order valence-corrected chi connectivity index (χ3v) is 6.27. The lowest BCUT2D eigenvalue weighted by atomic mass is 9.53. The maximum absolute atomic E-state index is 12.5. The second-order valence-corrected chi connectivity index (χ2v) is 8.52. The standard InChI is InChI=1S/C21H32O4/c1-7-14(4)10-19(23)25-18-8-9-20(5)12-16(22)15(13(2)3)11-17(20)21(18,6)24/h10,17-18,24H,7-9,11-12H2,1-6H3. The van der Waals surface area contributed by atoms with Gasteiger partial charge in [-0.15, -0.1) is 0 Å². The summed E-state index contributed by atoms with van der Waals surface area (Å²) < 4.78 is 5.63. The Hall–Kier alpha value is -1.42. The summed E-state index contributed by atoms with van der Waals surface area (Å²) in [5.41, 5.74) is 1.43. The molecule has 0 saturated heterocycles. The third-order valence-electron chi connectivity index (χ3n) is 6.27. The molecule has 2 fully saturated rings. The SMILES string of the molecule is CCC(C)=CC(=O)OC1CCC2(C)CC(=O)C(=C(C)C)CC2C1(C)O.